The van der Waals surface area contributed by atoms with Crippen LogP contribution in [0.15, 0.2) is 47.4 Å². The maximum Gasteiger partial charge on any atom is 0.273 e. The molecule has 0 heterocycles. The summed E-state index contributed by atoms with van der Waals surface area (Å²) in [4.78, 5) is 37.3. The zero-order valence-electron chi connectivity index (χ0n) is 16.3. The number of methoxy groups -OCH3 is 1. The number of nitro groups is 1. The SMILES string of the molecule is COc1cc([N+](=O)[O-])ccc1NC(=O)CN(C)CC(=O)Nc1ccccc1SC. The van der Waals surface area contributed by atoms with Gasteiger partial charge in [-0.25, -0.2) is 0 Å². The summed E-state index contributed by atoms with van der Waals surface area (Å²) in [6, 6.07) is 11.4. The molecular formula is C19H22N4O5S. The number of ether oxygens (including phenoxy) is 1. The van der Waals surface area contributed by atoms with Crippen molar-refractivity contribution in [3.05, 3.63) is 52.6 Å². The van der Waals surface area contributed by atoms with E-state index in [1.54, 1.807) is 11.9 Å². The molecule has 0 aromatic heterocycles. The molecule has 0 fully saturated rings. The highest BCUT2D eigenvalue weighted by atomic mass is 32.2. The fraction of sp³-hybridized carbons (Fsp3) is 0.263. The second-order valence-corrected chi connectivity index (χ2v) is 6.96. The number of carbonyl (C=O) groups excluding carboxylic acids is 2. The minimum atomic E-state index is -0.546. The monoisotopic (exact) mass is 418 g/mol. The first-order chi connectivity index (χ1) is 13.8. The van der Waals surface area contributed by atoms with Crippen LogP contribution < -0.4 is 15.4 Å². The van der Waals surface area contributed by atoms with Crippen molar-refractivity contribution in [3.63, 3.8) is 0 Å². The van der Waals surface area contributed by atoms with Crippen molar-refractivity contribution in [3.8, 4) is 5.75 Å². The Labute approximate surface area is 172 Å². The number of thioether (sulfide) groups is 1. The molecular weight excluding hydrogens is 396 g/mol. The molecule has 0 aliphatic rings. The summed E-state index contributed by atoms with van der Waals surface area (Å²) in [6.07, 6.45) is 1.92. The van der Waals surface area contributed by atoms with Gasteiger partial charge in [0.1, 0.15) is 5.75 Å². The molecule has 10 heteroatoms. The molecule has 0 unspecified atom stereocenters. The van der Waals surface area contributed by atoms with Gasteiger partial charge in [-0.1, -0.05) is 12.1 Å². The summed E-state index contributed by atoms with van der Waals surface area (Å²) in [6.45, 7) is -0.0226. The Morgan fingerprint density at radius 2 is 1.72 bits per heavy atom. The van der Waals surface area contributed by atoms with Crippen molar-refractivity contribution in [1.82, 2.24) is 4.90 Å². The second kappa shape index (κ2) is 10.4. The van der Waals surface area contributed by atoms with Gasteiger partial charge in [-0.15, -0.1) is 11.8 Å². The zero-order chi connectivity index (χ0) is 21.4. The van der Waals surface area contributed by atoms with E-state index in [1.807, 2.05) is 30.5 Å². The maximum atomic E-state index is 12.3. The van der Waals surface area contributed by atoms with E-state index in [9.17, 15) is 19.7 Å². The van der Waals surface area contributed by atoms with Gasteiger partial charge in [0, 0.05) is 11.0 Å². The average molecular weight is 418 g/mol. The minimum Gasteiger partial charge on any atom is -0.494 e. The van der Waals surface area contributed by atoms with Crippen molar-refractivity contribution in [1.29, 1.82) is 0 Å². The molecule has 0 atom stereocenters. The molecule has 29 heavy (non-hydrogen) atoms. The quantitative estimate of drug-likeness (QED) is 0.366. The number of hydrogen-bond acceptors (Lipinski definition) is 7. The van der Waals surface area contributed by atoms with Crippen LogP contribution in [0, 0.1) is 10.1 Å². The van der Waals surface area contributed by atoms with Gasteiger partial charge in [0.2, 0.25) is 11.8 Å². The summed E-state index contributed by atoms with van der Waals surface area (Å²) in [7, 11) is 3.00. The van der Waals surface area contributed by atoms with E-state index in [0.717, 1.165) is 10.6 Å². The largest absolute Gasteiger partial charge is 0.494 e. The third-order valence-electron chi connectivity index (χ3n) is 3.88. The average Bonchev–Trinajstić information content (AvgIpc) is 2.68. The van der Waals surface area contributed by atoms with Gasteiger partial charge < -0.3 is 15.4 Å². The predicted molar refractivity (Wildman–Crippen MR) is 113 cm³/mol. The number of non-ortho nitro benzene ring substituents is 1. The van der Waals surface area contributed by atoms with Crippen LogP contribution in [0.4, 0.5) is 17.1 Å². The van der Waals surface area contributed by atoms with Gasteiger partial charge in [-0.05, 0) is 31.5 Å². The number of amides is 2. The lowest BCUT2D eigenvalue weighted by Gasteiger charge is -2.17. The van der Waals surface area contributed by atoms with Gasteiger partial charge in [-0.3, -0.25) is 24.6 Å². The Morgan fingerprint density at radius 3 is 2.31 bits per heavy atom. The molecule has 9 nitrogen and oxygen atoms in total. The van der Waals surface area contributed by atoms with E-state index < -0.39 is 4.92 Å². The Hall–Kier alpha value is -3.11. The van der Waals surface area contributed by atoms with E-state index in [2.05, 4.69) is 10.6 Å². The molecule has 0 aliphatic carbocycles. The van der Waals surface area contributed by atoms with Crippen molar-refractivity contribution >= 4 is 40.6 Å². The molecule has 0 aliphatic heterocycles. The van der Waals surface area contributed by atoms with Crippen molar-refractivity contribution in [2.75, 3.05) is 44.1 Å². The standard InChI is InChI=1S/C19H22N4O5S/c1-22(12-19(25)21-15-6-4-5-7-17(15)29-3)11-18(24)20-14-9-8-13(23(26)27)10-16(14)28-2/h4-10H,11-12H2,1-3H3,(H,20,24)(H,21,25). The molecule has 0 saturated carbocycles. The van der Waals surface area contributed by atoms with Crippen LogP contribution in [0.25, 0.3) is 0 Å². The van der Waals surface area contributed by atoms with E-state index in [4.69, 9.17) is 4.74 Å². The van der Waals surface area contributed by atoms with E-state index in [1.165, 1.54) is 37.1 Å². The van der Waals surface area contributed by atoms with Crippen molar-refractivity contribution < 1.29 is 19.2 Å². The zero-order valence-corrected chi connectivity index (χ0v) is 17.1. The van der Waals surface area contributed by atoms with Crippen LogP contribution >= 0.6 is 11.8 Å². The number of benzene rings is 2. The lowest BCUT2D eigenvalue weighted by molar-refractivity contribution is -0.384. The number of likely N-dealkylation sites (N-methyl/N-ethyl adjacent to an activating group) is 1. The van der Waals surface area contributed by atoms with E-state index in [-0.39, 0.29) is 36.3 Å². The molecule has 2 amide bonds. The fourth-order valence-corrected chi connectivity index (χ4v) is 3.12. The molecule has 0 radical (unpaired) electrons. The molecule has 0 saturated heterocycles. The Bertz CT molecular complexity index is 906. The van der Waals surface area contributed by atoms with Gasteiger partial charge >= 0.3 is 0 Å². The van der Waals surface area contributed by atoms with E-state index >= 15 is 0 Å². The Kier molecular flexibility index (Phi) is 7.98. The van der Waals surface area contributed by atoms with Crippen LogP contribution in [-0.4, -0.2) is 55.1 Å². The highest BCUT2D eigenvalue weighted by molar-refractivity contribution is 7.98. The predicted octanol–water partition coefficient (Wildman–Crippen LogP) is 2.83. The number of carbonyl (C=O) groups is 2. The number of rotatable bonds is 9. The topological polar surface area (TPSA) is 114 Å². The van der Waals surface area contributed by atoms with Gasteiger partial charge in [0.05, 0.1) is 42.6 Å². The first-order valence-electron chi connectivity index (χ1n) is 8.57. The first-order valence-corrected chi connectivity index (χ1v) is 9.80. The Morgan fingerprint density at radius 1 is 1.10 bits per heavy atom. The molecule has 0 spiro atoms. The van der Waals surface area contributed by atoms with E-state index in [0.29, 0.717) is 5.69 Å². The molecule has 2 rings (SSSR count). The molecule has 2 N–H and O–H groups in total. The third kappa shape index (κ3) is 6.47. The lowest BCUT2D eigenvalue weighted by atomic mass is 10.2. The highest BCUT2D eigenvalue weighted by Gasteiger charge is 2.16. The minimum absolute atomic E-state index is 0.0214. The van der Waals surface area contributed by atoms with Gasteiger partial charge in [0.25, 0.3) is 5.69 Å². The fourth-order valence-electron chi connectivity index (χ4n) is 2.57. The summed E-state index contributed by atoms with van der Waals surface area (Å²) in [5, 5.41) is 16.3. The Balaban J connectivity index is 1.92. The van der Waals surface area contributed by atoms with Gasteiger partial charge in [-0.2, -0.15) is 0 Å². The van der Waals surface area contributed by atoms with Crippen LogP contribution in [0.2, 0.25) is 0 Å². The number of nitro benzene ring substituents is 1. The summed E-state index contributed by atoms with van der Waals surface area (Å²) in [5.41, 5.74) is 0.896. The van der Waals surface area contributed by atoms with Gasteiger partial charge in [0.15, 0.2) is 0 Å². The van der Waals surface area contributed by atoms with Crippen molar-refractivity contribution in [2.45, 2.75) is 4.90 Å². The number of anilines is 2. The summed E-state index contributed by atoms with van der Waals surface area (Å²) < 4.78 is 5.10. The number of nitrogens with zero attached hydrogens (tertiary/aromatic N) is 2. The van der Waals surface area contributed by atoms with Crippen LogP contribution in [-0.2, 0) is 9.59 Å². The van der Waals surface area contributed by atoms with Crippen molar-refractivity contribution in [2.24, 2.45) is 0 Å². The molecule has 0 bridgehead atoms. The molecule has 2 aromatic carbocycles. The van der Waals surface area contributed by atoms with Crippen LogP contribution in [0.5, 0.6) is 5.75 Å². The third-order valence-corrected chi connectivity index (χ3v) is 4.67. The number of hydrogen-bond donors (Lipinski definition) is 2. The molecule has 2 aromatic rings. The smallest absolute Gasteiger partial charge is 0.273 e. The summed E-state index contributed by atoms with van der Waals surface area (Å²) in [5.74, 6) is -0.437. The lowest BCUT2D eigenvalue weighted by Crippen LogP contribution is -2.36. The van der Waals surface area contributed by atoms with Crippen LogP contribution in [0.3, 0.4) is 0 Å². The number of nitrogens with one attached hydrogen (secondary N) is 2. The normalized spacial score (nSPS) is 10.5. The summed E-state index contributed by atoms with van der Waals surface area (Å²) >= 11 is 1.53. The first kappa shape index (κ1) is 22.2. The van der Waals surface area contributed by atoms with Crippen LogP contribution in [0.1, 0.15) is 0 Å². The highest BCUT2D eigenvalue weighted by Crippen LogP contribution is 2.29. The second-order valence-electron chi connectivity index (χ2n) is 6.11. The number of para-hydroxylation sites is 1. The maximum absolute atomic E-state index is 12.3. The molecule has 154 valence electrons.